The molecule has 6 heteroatoms. The zero-order valence-corrected chi connectivity index (χ0v) is 13.7. The van der Waals surface area contributed by atoms with E-state index in [9.17, 15) is 4.79 Å². The number of ether oxygens (including phenoxy) is 1. The van der Waals surface area contributed by atoms with Crippen molar-refractivity contribution in [3.63, 3.8) is 0 Å². The second-order valence-corrected chi connectivity index (χ2v) is 7.37. The molecule has 4 rings (SSSR count). The molecule has 3 atom stereocenters. The molecule has 2 aliphatic heterocycles. The molecule has 1 saturated carbocycles. The van der Waals surface area contributed by atoms with Crippen molar-refractivity contribution in [2.45, 2.75) is 38.8 Å². The summed E-state index contributed by atoms with van der Waals surface area (Å²) in [5.41, 5.74) is 0.973. The van der Waals surface area contributed by atoms with Gasteiger partial charge in [-0.05, 0) is 31.6 Å². The van der Waals surface area contributed by atoms with E-state index in [2.05, 4.69) is 15.4 Å². The minimum Gasteiger partial charge on any atom is -0.376 e. The molecule has 1 aliphatic carbocycles. The Hall–Kier alpha value is -1.40. The maximum absolute atomic E-state index is 12.1. The average molecular weight is 319 g/mol. The van der Waals surface area contributed by atoms with Crippen molar-refractivity contribution in [3.05, 3.63) is 17.5 Å². The Morgan fingerprint density at radius 1 is 1.43 bits per heavy atom. The van der Waals surface area contributed by atoms with Gasteiger partial charge in [0.2, 0.25) is 5.91 Å². The summed E-state index contributed by atoms with van der Waals surface area (Å²) >= 11 is 0. The molecule has 0 radical (unpaired) electrons. The number of hydrogen-bond donors (Lipinski definition) is 1. The Labute approximate surface area is 136 Å². The van der Waals surface area contributed by atoms with Gasteiger partial charge in [-0.15, -0.1) is 0 Å². The van der Waals surface area contributed by atoms with Crippen LogP contribution in [-0.4, -0.2) is 48.3 Å². The molecule has 23 heavy (non-hydrogen) atoms. The highest BCUT2D eigenvalue weighted by Gasteiger charge is 2.44. The van der Waals surface area contributed by atoms with Crippen molar-refractivity contribution >= 4 is 5.91 Å². The molecule has 6 nitrogen and oxygen atoms in total. The molecule has 1 aromatic rings. The zero-order chi connectivity index (χ0) is 15.8. The lowest BCUT2D eigenvalue weighted by molar-refractivity contribution is -0.122. The fraction of sp³-hybridized carbons (Fsp3) is 0.765. The third kappa shape index (κ3) is 3.58. The topological polar surface area (TPSA) is 67.6 Å². The molecule has 0 aromatic carbocycles. The van der Waals surface area contributed by atoms with E-state index in [0.29, 0.717) is 18.3 Å². The molecule has 0 bridgehead atoms. The number of amides is 1. The van der Waals surface area contributed by atoms with Crippen LogP contribution < -0.4 is 5.32 Å². The summed E-state index contributed by atoms with van der Waals surface area (Å²) in [6.45, 7) is 6.21. The second kappa shape index (κ2) is 6.24. The Kier molecular flexibility index (Phi) is 4.11. The highest BCUT2D eigenvalue weighted by molar-refractivity contribution is 5.76. The maximum Gasteiger partial charge on any atom is 0.220 e. The van der Waals surface area contributed by atoms with Crippen LogP contribution in [0.4, 0.5) is 0 Å². The number of carbonyl (C=O) groups excluding carboxylic acids is 1. The van der Waals surface area contributed by atoms with Crippen molar-refractivity contribution in [3.8, 4) is 0 Å². The summed E-state index contributed by atoms with van der Waals surface area (Å²) in [6, 6.07) is 1.98. The minimum atomic E-state index is 0.191. The molecule has 1 aromatic heterocycles. The number of carbonyl (C=O) groups is 1. The summed E-state index contributed by atoms with van der Waals surface area (Å²) < 4.78 is 11.1. The van der Waals surface area contributed by atoms with Crippen LogP contribution in [0.5, 0.6) is 0 Å². The summed E-state index contributed by atoms with van der Waals surface area (Å²) in [6.07, 6.45) is 3.41. The summed E-state index contributed by atoms with van der Waals surface area (Å²) in [5.74, 6) is 2.59. The van der Waals surface area contributed by atoms with Crippen molar-refractivity contribution in [2.24, 2.45) is 17.8 Å². The largest absolute Gasteiger partial charge is 0.376 e. The van der Waals surface area contributed by atoms with Gasteiger partial charge in [-0.1, -0.05) is 5.16 Å². The fourth-order valence-electron chi connectivity index (χ4n) is 3.83. The second-order valence-electron chi connectivity index (χ2n) is 7.37. The molecule has 3 heterocycles. The van der Waals surface area contributed by atoms with Gasteiger partial charge in [0.25, 0.3) is 0 Å². The van der Waals surface area contributed by atoms with Crippen LogP contribution in [0, 0.1) is 24.7 Å². The normalized spacial score (nSPS) is 30.6. The smallest absolute Gasteiger partial charge is 0.220 e. The van der Waals surface area contributed by atoms with Crippen molar-refractivity contribution in [2.75, 3.05) is 26.2 Å². The molecule has 0 unspecified atom stereocenters. The number of aryl methyl sites for hydroxylation is 1. The molecular weight excluding hydrogens is 294 g/mol. The molecular formula is C17H25N3O3. The fourth-order valence-corrected chi connectivity index (χ4v) is 3.83. The van der Waals surface area contributed by atoms with Gasteiger partial charge in [-0.3, -0.25) is 9.69 Å². The van der Waals surface area contributed by atoms with Gasteiger partial charge < -0.3 is 14.6 Å². The maximum atomic E-state index is 12.1. The van der Waals surface area contributed by atoms with Gasteiger partial charge in [-0.25, -0.2) is 0 Å². The predicted molar refractivity (Wildman–Crippen MR) is 83.6 cm³/mol. The quantitative estimate of drug-likeness (QED) is 0.857. The molecule has 3 aliphatic rings. The van der Waals surface area contributed by atoms with Crippen molar-refractivity contribution in [1.82, 2.24) is 15.4 Å². The number of aromatic nitrogens is 1. The SMILES string of the molecule is Cc1cc(CN2C[C@@H]3[C@H](CC(=O)NCC4CC4)CO[C@@H]3C2)no1. The van der Waals surface area contributed by atoms with Gasteiger partial charge >= 0.3 is 0 Å². The van der Waals surface area contributed by atoms with E-state index in [1.54, 1.807) is 0 Å². The first-order valence-corrected chi connectivity index (χ1v) is 8.70. The predicted octanol–water partition coefficient (Wildman–Crippen LogP) is 1.35. The van der Waals surface area contributed by atoms with Gasteiger partial charge in [0.15, 0.2) is 0 Å². The Bertz CT molecular complexity index is 569. The molecule has 2 saturated heterocycles. The van der Waals surface area contributed by atoms with Crippen LogP contribution in [0.1, 0.15) is 30.7 Å². The summed E-state index contributed by atoms with van der Waals surface area (Å²) in [5, 5.41) is 7.14. The van der Waals surface area contributed by atoms with Crippen LogP contribution in [0.3, 0.4) is 0 Å². The highest BCUT2D eigenvalue weighted by atomic mass is 16.5. The van der Waals surface area contributed by atoms with Crippen molar-refractivity contribution < 1.29 is 14.1 Å². The summed E-state index contributed by atoms with van der Waals surface area (Å²) in [4.78, 5) is 14.5. The average Bonchev–Trinajstić information content (AvgIpc) is 2.97. The Morgan fingerprint density at radius 3 is 3.04 bits per heavy atom. The van der Waals surface area contributed by atoms with Crippen LogP contribution >= 0.6 is 0 Å². The van der Waals surface area contributed by atoms with Crippen molar-refractivity contribution in [1.29, 1.82) is 0 Å². The summed E-state index contributed by atoms with van der Waals surface area (Å²) in [7, 11) is 0. The standard InChI is InChI=1S/C17H25N3O3/c1-11-4-14(19-23-11)7-20-8-15-13(10-22-16(15)9-20)5-17(21)18-6-12-2-3-12/h4,12-13,15-16H,2-3,5-10H2,1H3,(H,18,21)/t13-,15-,16-/m1/s1. The molecule has 3 fully saturated rings. The van der Waals surface area contributed by atoms with Gasteiger partial charge in [-0.2, -0.15) is 0 Å². The molecule has 126 valence electrons. The first-order chi connectivity index (χ1) is 11.2. The van der Waals surface area contributed by atoms with Gasteiger partial charge in [0, 0.05) is 44.6 Å². The van der Waals surface area contributed by atoms with E-state index in [-0.39, 0.29) is 12.0 Å². The number of rotatable bonds is 6. The van der Waals surface area contributed by atoms with Gasteiger partial charge in [0.05, 0.1) is 18.4 Å². The van der Waals surface area contributed by atoms with E-state index in [0.717, 1.165) is 50.2 Å². The lowest BCUT2D eigenvalue weighted by Crippen LogP contribution is -2.31. The number of fused-ring (bicyclic) bond motifs is 1. The molecule has 0 spiro atoms. The first-order valence-electron chi connectivity index (χ1n) is 8.70. The number of nitrogens with one attached hydrogen (secondary N) is 1. The minimum absolute atomic E-state index is 0.191. The number of hydrogen-bond acceptors (Lipinski definition) is 5. The van der Waals surface area contributed by atoms with Crippen LogP contribution in [0.2, 0.25) is 0 Å². The third-order valence-corrected chi connectivity index (χ3v) is 5.31. The first kappa shape index (κ1) is 15.1. The number of likely N-dealkylation sites (tertiary alicyclic amines) is 1. The molecule has 1 N–H and O–H groups in total. The molecule has 1 amide bonds. The Morgan fingerprint density at radius 2 is 2.30 bits per heavy atom. The van der Waals surface area contributed by atoms with Crippen LogP contribution in [0.15, 0.2) is 10.6 Å². The van der Waals surface area contributed by atoms with E-state index < -0.39 is 0 Å². The van der Waals surface area contributed by atoms with Crippen LogP contribution in [-0.2, 0) is 16.1 Å². The van der Waals surface area contributed by atoms with E-state index in [4.69, 9.17) is 9.26 Å². The Balaban J connectivity index is 1.27. The van der Waals surface area contributed by atoms with E-state index >= 15 is 0 Å². The lowest BCUT2D eigenvalue weighted by Gasteiger charge is -2.18. The third-order valence-electron chi connectivity index (χ3n) is 5.31. The lowest BCUT2D eigenvalue weighted by atomic mass is 9.90. The zero-order valence-electron chi connectivity index (χ0n) is 13.7. The highest BCUT2D eigenvalue weighted by Crippen LogP contribution is 2.36. The monoisotopic (exact) mass is 319 g/mol. The number of nitrogens with zero attached hydrogens (tertiary/aromatic N) is 2. The van der Waals surface area contributed by atoms with E-state index in [1.165, 1.54) is 12.8 Å². The van der Waals surface area contributed by atoms with Gasteiger partial charge in [0.1, 0.15) is 5.76 Å². The van der Waals surface area contributed by atoms with E-state index in [1.807, 2.05) is 13.0 Å². The van der Waals surface area contributed by atoms with Crippen LogP contribution in [0.25, 0.3) is 0 Å².